The summed E-state index contributed by atoms with van der Waals surface area (Å²) >= 11 is 7.81. The molecule has 0 bridgehead atoms. The fourth-order valence-electron chi connectivity index (χ4n) is 2.81. The van der Waals surface area contributed by atoms with Crippen molar-refractivity contribution in [1.29, 1.82) is 0 Å². The van der Waals surface area contributed by atoms with Crippen LogP contribution in [0.3, 0.4) is 0 Å². The van der Waals surface area contributed by atoms with Gasteiger partial charge in [-0.3, -0.25) is 0 Å². The zero-order valence-electron chi connectivity index (χ0n) is 12.7. The quantitative estimate of drug-likeness (QED) is 0.688. The van der Waals surface area contributed by atoms with E-state index in [-0.39, 0.29) is 4.08 Å². The van der Waals surface area contributed by atoms with Crippen molar-refractivity contribution < 1.29 is 0 Å². The molecule has 0 N–H and O–H groups in total. The second kappa shape index (κ2) is 7.45. The third-order valence-electron chi connectivity index (χ3n) is 4.00. The second-order valence-electron chi connectivity index (χ2n) is 5.84. The van der Waals surface area contributed by atoms with Crippen LogP contribution in [0.15, 0.2) is 47.5 Å². The first-order valence-corrected chi connectivity index (χ1v) is 10.3. The SMILES string of the molecule is CC1CCSC(CCc2ccc(Br)cc2)(Cn2ccnc2)S1. The largest absolute Gasteiger partial charge is 0.335 e. The highest BCUT2D eigenvalue weighted by Crippen LogP contribution is 2.49. The van der Waals surface area contributed by atoms with Crippen LogP contribution in [-0.2, 0) is 13.0 Å². The van der Waals surface area contributed by atoms with E-state index in [1.54, 1.807) is 0 Å². The van der Waals surface area contributed by atoms with Crippen molar-refractivity contribution in [2.24, 2.45) is 0 Å². The number of benzene rings is 1. The molecule has 1 aromatic heterocycles. The summed E-state index contributed by atoms with van der Waals surface area (Å²) in [7, 11) is 0. The van der Waals surface area contributed by atoms with Crippen LogP contribution in [0.2, 0.25) is 0 Å². The molecule has 1 fully saturated rings. The van der Waals surface area contributed by atoms with Gasteiger partial charge in [-0.25, -0.2) is 4.98 Å². The number of hydrogen-bond donors (Lipinski definition) is 0. The third-order valence-corrected chi connectivity index (χ3v) is 7.87. The van der Waals surface area contributed by atoms with E-state index in [2.05, 4.69) is 86.4 Å². The molecule has 1 saturated heterocycles. The van der Waals surface area contributed by atoms with E-state index in [9.17, 15) is 0 Å². The maximum absolute atomic E-state index is 4.21. The molecule has 22 heavy (non-hydrogen) atoms. The number of thioether (sulfide) groups is 2. The van der Waals surface area contributed by atoms with Gasteiger partial charge in [0.2, 0.25) is 0 Å². The van der Waals surface area contributed by atoms with Crippen LogP contribution in [0.25, 0.3) is 0 Å². The number of aryl methyl sites for hydroxylation is 1. The van der Waals surface area contributed by atoms with E-state index in [1.165, 1.54) is 24.2 Å². The van der Waals surface area contributed by atoms with Crippen LogP contribution in [0.5, 0.6) is 0 Å². The van der Waals surface area contributed by atoms with Gasteiger partial charge in [-0.2, -0.15) is 0 Å². The van der Waals surface area contributed by atoms with E-state index >= 15 is 0 Å². The van der Waals surface area contributed by atoms with Gasteiger partial charge in [-0.05, 0) is 42.7 Å². The average Bonchev–Trinajstić information content (AvgIpc) is 2.99. The summed E-state index contributed by atoms with van der Waals surface area (Å²) in [5.41, 5.74) is 1.42. The molecule has 1 aliphatic heterocycles. The summed E-state index contributed by atoms with van der Waals surface area (Å²) in [6, 6.07) is 8.75. The Kier molecular flexibility index (Phi) is 5.58. The molecule has 2 atom stereocenters. The molecule has 0 spiro atoms. The first-order chi connectivity index (χ1) is 10.7. The van der Waals surface area contributed by atoms with Crippen molar-refractivity contribution in [3.63, 3.8) is 0 Å². The van der Waals surface area contributed by atoms with Gasteiger partial charge in [-0.1, -0.05) is 35.0 Å². The molecule has 0 amide bonds. The minimum absolute atomic E-state index is 0.269. The smallest absolute Gasteiger partial charge is 0.0946 e. The number of halogens is 1. The summed E-state index contributed by atoms with van der Waals surface area (Å²) in [5, 5.41) is 0.745. The minimum atomic E-state index is 0.269. The molecule has 2 heterocycles. The monoisotopic (exact) mass is 396 g/mol. The van der Waals surface area contributed by atoms with Crippen LogP contribution in [0.1, 0.15) is 25.3 Å². The molecule has 2 unspecified atom stereocenters. The Bertz CT molecular complexity index is 585. The topological polar surface area (TPSA) is 17.8 Å². The summed E-state index contributed by atoms with van der Waals surface area (Å²) in [6.07, 6.45) is 9.56. The molecule has 2 nitrogen and oxygen atoms in total. The Morgan fingerprint density at radius 3 is 2.86 bits per heavy atom. The van der Waals surface area contributed by atoms with E-state index < -0.39 is 0 Å². The predicted octanol–water partition coefficient (Wildman–Crippen LogP) is 5.23. The van der Waals surface area contributed by atoms with E-state index in [0.29, 0.717) is 0 Å². The predicted molar refractivity (Wildman–Crippen MR) is 102 cm³/mol. The lowest BCUT2D eigenvalue weighted by Crippen LogP contribution is -2.33. The van der Waals surface area contributed by atoms with Gasteiger partial charge in [0.05, 0.1) is 10.4 Å². The summed E-state index contributed by atoms with van der Waals surface area (Å²) in [5.74, 6) is 1.27. The highest BCUT2D eigenvalue weighted by molar-refractivity contribution is 9.10. The van der Waals surface area contributed by atoms with Crippen LogP contribution in [0.4, 0.5) is 0 Å². The van der Waals surface area contributed by atoms with Crippen molar-refractivity contribution >= 4 is 39.5 Å². The van der Waals surface area contributed by atoms with Crippen LogP contribution in [0, 0.1) is 0 Å². The molecule has 0 saturated carbocycles. The standard InChI is InChI=1S/C17H21BrN2S2/c1-14-7-11-21-17(22-14,12-20-10-9-19-13-20)8-6-15-2-4-16(18)5-3-15/h2-5,9-10,13-14H,6-8,11-12H2,1H3. The molecule has 1 aliphatic rings. The Hall–Kier alpha value is -0.390. The molecule has 0 radical (unpaired) electrons. The fraction of sp³-hybridized carbons (Fsp3) is 0.471. The zero-order valence-corrected chi connectivity index (χ0v) is 16.0. The normalized spacial score (nSPS) is 25.3. The molecular weight excluding hydrogens is 376 g/mol. The molecule has 2 aromatic rings. The number of aromatic nitrogens is 2. The van der Waals surface area contributed by atoms with Crippen molar-refractivity contribution in [3.8, 4) is 0 Å². The lowest BCUT2D eigenvalue weighted by atomic mass is 10.1. The van der Waals surface area contributed by atoms with Crippen molar-refractivity contribution in [2.75, 3.05) is 5.75 Å². The number of imidazole rings is 1. The number of rotatable bonds is 5. The van der Waals surface area contributed by atoms with Gasteiger partial charge in [0.25, 0.3) is 0 Å². The molecular formula is C17H21BrN2S2. The van der Waals surface area contributed by atoms with Crippen LogP contribution < -0.4 is 0 Å². The maximum atomic E-state index is 4.21. The van der Waals surface area contributed by atoms with E-state index in [0.717, 1.165) is 22.7 Å². The van der Waals surface area contributed by atoms with Crippen molar-refractivity contribution in [2.45, 2.75) is 42.1 Å². The summed E-state index contributed by atoms with van der Waals surface area (Å²) in [4.78, 5) is 4.21. The van der Waals surface area contributed by atoms with Gasteiger partial charge < -0.3 is 4.57 Å². The molecule has 0 aliphatic carbocycles. The summed E-state index contributed by atoms with van der Waals surface area (Å²) < 4.78 is 3.66. The first kappa shape index (κ1) is 16.5. The minimum Gasteiger partial charge on any atom is -0.335 e. The zero-order chi connectivity index (χ0) is 15.4. The second-order valence-corrected chi connectivity index (χ2v) is 10.3. The molecule has 3 rings (SSSR count). The Labute approximate surface area is 149 Å². The fourth-order valence-corrected chi connectivity index (χ4v) is 6.98. The van der Waals surface area contributed by atoms with E-state index in [1.807, 2.05) is 12.5 Å². The van der Waals surface area contributed by atoms with Crippen molar-refractivity contribution in [1.82, 2.24) is 9.55 Å². The number of hydrogen-bond acceptors (Lipinski definition) is 3. The first-order valence-electron chi connectivity index (χ1n) is 7.67. The van der Waals surface area contributed by atoms with Gasteiger partial charge in [0, 0.05) is 28.7 Å². The highest BCUT2D eigenvalue weighted by Gasteiger charge is 2.36. The lowest BCUT2D eigenvalue weighted by molar-refractivity contribution is 0.581. The Balaban J connectivity index is 1.71. The van der Waals surface area contributed by atoms with Gasteiger partial charge in [0.1, 0.15) is 0 Å². The van der Waals surface area contributed by atoms with E-state index in [4.69, 9.17) is 0 Å². The molecule has 5 heteroatoms. The third kappa shape index (κ3) is 4.33. The lowest BCUT2D eigenvalue weighted by Gasteiger charge is -2.39. The molecule has 118 valence electrons. The van der Waals surface area contributed by atoms with Gasteiger partial charge in [0.15, 0.2) is 0 Å². The van der Waals surface area contributed by atoms with Gasteiger partial charge >= 0.3 is 0 Å². The Morgan fingerprint density at radius 1 is 1.36 bits per heavy atom. The number of nitrogens with zero attached hydrogens (tertiary/aromatic N) is 2. The van der Waals surface area contributed by atoms with Crippen LogP contribution in [-0.4, -0.2) is 24.6 Å². The Morgan fingerprint density at radius 2 is 2.18 bits per heavy atom. The summed E-state index contributed by atoms with van der Waals surface area (Å²) in [6.45, 7) is 3.41. The van der Waals surface area contributed by atoms with Crippen LogP contribution >= 0.6 is 39.5 Å². The average molecular weight is 397 g/mol. The van der Waals surface area contributed by atoms with Gasteiger partial charge in [-0.15, -0.1) is 23.5 Å². The maximum Gasteiger partial charge on any atom is 0.0946 e. The van der Waals surface area contributed by atoms with Crippen molar-refractivity contribution in [3.05, 3.63) is 53.0 Å². The highest BCUT2D eigenvalue weighted by atomic mass is 79.9. The molecule has 1 aromatic carbocycles.